The van der Waals surface area contributed by atoms with Gasteiger partial charge in [0.05, 0.1) is 0 Å². The van der Waals surface area contributed by atoms with Crippen LogP contribution in [0.25, 0.3) is 0 Å². The zero-order chi connectivity index (χ0) is 5.78. The molecule has 3 unspecified atom stereocenters. The molecule has 0 heterocycles. The average molecular weight is 110 g/mol. The Bertz CT molecular complexity index is 113. The Morgan fingerprint density at radius 2 is 2.25 bits per heavy atom. The Kier molecular flexibility index (Phi) is 0.678. The maximum Gasteiger partial charge on any atom is -0.0295 e. The Hall–Kier alpha value is 0. The molecule has 0 saturated heterocycles. The highest BCUT2D eigenvalue weighted by atomic mass is 14.6. The summed E-state index contributed by atoms with van der Waals surface area (Å²) in [5, 5.41) is 0. The highest BCUT2D eigenvalue weighted by Gasteiger charge is 2.52. The van der Waals surface area contributed by atoms with Crippen LogP contribution in [0, 0.1) is 17.3 Å². The van der Waals surface area contributed by atoms with E-state index in [1.54, 1.807) is 0 Å². The molecule has 3 aliphatic carbocycles. The zero-order valence-electron chi connectivity index (χ0n) is 5.78. The third-order valence-electron chi connectivity index (χ3n) is 3.62. The summed E-state index contributed by atoms with van der Waals surface area (Å²) >= 11 is 0. The van der Waals surface area contributed by atoms with E-state index in [1.165, 1.54) is 19.3 Å². The highest BCUT2D eigenvalue weighted by molar-refractivity contribution is 5.02. The van der Waals surface area contributed by atoms with Gasteiger partial charge in [-0.15, -0.1) is 0 Å². The molecule has 3 fully saturated rings. The Morgan fingerprint density at radius 3 is 2.38 bits per heavy atom. The topological polar surface area (TPSA) is 0 Å². The fourth-order valence-corrected chi connectivity index (χ4v) is 2.57. The van der Waals surface area contributed by atoms with Gasteiger partial charge in [0.15, 0.2) is 0 Å². The van der Waals surface area contributed by atoms with Gasteiger partial charge in [0.25, 0.3) is 0 Å². The molecule has 3 rings (SSSR count). The van der Waals surface area contributed by atoms with Gasteiger partial charge in [0.2, 0.25) is 0 Å². The fraction of sp³-hybridized carbons (Fsp3) is 1.00. The first kappa shape index (κ1) is 4.84. The van der Waals surface area contributed by atoms with Crippen molar-refractivity contribution in [1.82, 2.24) is 0 Å². The van der Waals surface area contributed by atoms with Gasteiger partial charge in [-0.3, -0.25) is 0 Å². The second-order valence-electron chi connectivity index (χ2n) is 3.95. The van der Waals surface area contributed by atoms with Crippen LogP contribution in [0.4, 0.5) is 0 Å². The zero-order valence-corrected chi connectivity index (χ0v) is 5.78. The smallest absolute Gasteiger partial charge is 0.0295 e. The van der Waals surface area contributed by atoms with Crippen molar-refractivity contribution >= 4 is 0 Å². The van der Waals surface area contributed by atoms with Gasteiger partial charge >= 0.3 is 0 Å². The number of hydrogen-bond acceptors (Lipinski definition) is 0. The summed E-state index contributed by atoms with van der Waals surface area (Å²) in [5.74, 6) is 2.18. The van der Waals surface area contributed by atoms with Gasteiger partial charge in [0.1, 0.15) is 0 Å². The van der Waals surface area contributed by atoms with Gasteiger partial charge in [-0.05, 0) is 36.5 Å². The molecule has 0 radical (unpaired) electrons. The Labute approximate surface area is 51.3 Å². The molecule has 3 aliphatic rings. The summed E-state index contributed by atoms with van der Waals surface area (Å²) in [6, 6.07) is 0. The van der Waals surface area contributed by atoms with E-state index < -0.39 is 0 Å². The second kappa shape index (κ2) is 1.12. The van der Waals surface area contributed by atoms with E-state index in [2.05, 4.69) is 13.8 Å². The molecule has 0 spiro atoms. The third kappa shape index (κ3) is 0.340. The van der Waals surface area contributed by atoms with Crippen molar-refractivity contribution < 1.29 is 0 Å². The van der Waals surface area contributed by atoms with Crippen LogP contribution in [0.3, 0.4) is 0 Å². The largest absolute Gasteiger partial charge is 0.0617 e. The lowest BCUT2D eigenvalue weighted by Gasteiger charge is -2.42. The van der Waals surface area contributed by atoms with Crippen LogP contribution in [0.1, 0.15) is 33.1 Å². The fourth-order valence-electron chi connectivity index (χ4n) is 2.57. The SMILES string of the molecule is CC1C2CCC1(C)C2. The second-order valence-corrected chi connectivity index (χ2v) is 3.95. The summed E-state index contributed by atoms with van der Waals surface area (Å²) in [6.45, 7) is 4.86. The van der Waals surface area contributed by atoms with Gasteiger partial charge in [-0.1, -0.05) is 13.8 Å². The van der Waals surface area contributed by atoms with E-state index in [0.717, 1.165) is 17.3 Å². The monoisotopic (exact) mass is 110 g/mol. The summed E-state index contributed by atoms with van der Waals surface area (Å²) in [5.41, 5.74) is 0.796. The first-order chi connectivity index (χ1) is 3.72. The normalized spacial score (nSPS) is 60.8. The van der Waals surface area contributed by atoms with E-state index in [1.807, 2.05) is 0 Å². The van der Waals surface area contributed by atoms with Crippen LogP contribution < -0.4 is 0 Å². The predicted molar refractivity (Wildman–Crippen MR) is 34.6 cm³/mol. The maximum atomic E-state index is 2.45. The summed E-state index contributed by atoms with van der Waals surface area (Å²) in [6.07, 6.45) is 4.57. The lowest BCUT2D eigenvalue weighted by Crippen LogP contribution is -2.34. The first-order valence-electron chi connectivity index (χ1n) is 3.72. The van der Waals surface area contributed by atoms with Crippen LogP contribution >= 0.6 is 0 Å². The standard InChI is InChI=1S/C8H14/c1-6-7-3-4-8(6,2)5-7/h6-7H,3-5H2,1-2H3. The minimum Gasteiger partial charge on any atom is -0.0617 e. The van der Waals surface area contributed by atoms with Crippen LogP contribution in [0.15, 0.2) is 0 Å². The first-order valence-corrected chi connectivity index (χ1v) is 3.72. The minimum absolute atomic E-state index is 0.796. The number of fused-ring (bicyclic) bond motifs is 1. The molecule has 0 N–H and O–H groups in total. The van der Waals surface area contributed by atoms with Crippen LogP contribution in [0.5, 0.6) is 0 Å². The Balaban J connectivity index is 2.22. The quantitative estimate of drug-likeness (QED) is 0.449. The van der Waals surface area contributed by atoms with Gasteiger partial charge in [-0.25, -0.2) is 0 Å². The minimum atomic E-state index is 0.796. The molecule has 46 valence electrons. The lowest BCUT2D eigenvalue weighted by molar-refractivity contribution is 0.0671. The van der Waals surface area contributed by atoms with Crippen molar-refractivity contribution in [1.29, 1.82) is 0 Å². The molecule has 0 amide bonds. The third-order valence-corrected chi connectivity index (χ3v) is 3.62. The molecule has 0 heteroatoms. The van der Waals surface area contributed by atoms with Gasteiger partial charge in [-0.2, -0.15) is 0 Å². The van der Waals surface area contributed by atoms with Crippen molar-refractivity contribution in [2.24, 2.45) is 17.3 Å². The highest BCUT2D eigenvalue weighted by Crippen LogP contribution is 2.62. The molecule has 0 aromatic rings. The molecule has 3 saturated carbocycles. The molecular weight excluding hydrogens is 96.1 g/mol. The van der Waals surface area contributed by atoms with Gasteiger partial charge in [0, 0.05) is 0 Å². The number of hydrogen-bond donors (Lipinski definition) is 0. The van der Waals surface area contributed by atoms with Crippen LogP contribution in [-0.2, 0) is 0 Å². The molecule has 0 aromatic carbocycles. The maximum absolute atomic E-state index is 2.45. The van der Waals surface area contributed by atoms with Gasteiger partial charge < -0.3 is 0 Å². The van der Waals surface area contributed by atoms with E-state index in [-0.39, 0.29) is 0 Å². The molecule has 0 nitrogen and oxygen atoms in total. The van der Waals surface area contributed by atoms with E-state index in [4.69, 9.17) is 0 Å². The number of rotatable bonds is 0. The molecule has 3 atom stereocenters. The molecule has 0 aromatic heterocycles. The van der Waals surface area contributed by atoms with E-state index in [0.29, 0.717) is 0 Å². The lowest BCUT2D eigenvalue weighted by atomic mass is 9.62. The van der Waals surface area contributed by atoms with Crippen molar-refractivity contribution in [2.75, 3.05) is 0 Å². The van der Waals surface area contributed by atoms with Crippen molar-refractivity contribution in [2.45, 2.75) is 33.1 Å². The van der Waals surface area contributed by atoms with Crippen LogP contribution in [0.2, 0.25) is 0 Å². The van der Waals surface area contributed by atoms with Crippen molar-refractivity contribution in [3.8, 4) is 0 Å². The molecule has 8 heavy (non-hydrogen) atoms. The summed E-state index contributed by atoms with van der Waals surface area (Å²) in [7, 11) is 0. The predicted octanol–water partition coefficient (Wildman–Crippen LogP) is 2.44. The van der Waals surface area contributed by atoms with Crippen molar-refractivity contribution in [3.05, 3.63) is 0 Å². The Morgan fingerprint density at radius 1 is 1.50 bits per heavy atom. The van der Waals surface area contributed by atoms with Crippen molar-refractivity contribution in [3.63, 3.8) is 0 Å². The van der Waals surface area contributed by atoms with Crippen LogP contribution in [-0.4, -0.2) is 0 Å². The molecule has 0 aliphatic heterocycles. The van der Waals surface area contributed by atoms with E-state index in [9.17, 15) is 0 Å². The average Bonchev–Trinajstić information content (AvgIpc) is 2.21. The summed E-state index contributed by atoms with van der Waals surface area (Å²) in [4.78, 5) is 0. The molecular formula is C8H14. The van der Waals surface area contributed by atoms with E-state index >= 15 is 0 Å². The molecule has 2 bridgehead atoms. The summed E-state index contributed by atoms with van der Waals surface area (Å²) < 4.78 is 0.